The molecule has 1 aliphatic heterocycles. The molecule has 0 N–H and O–H groups in total. The van der Waals surface area contributed by atoms with E-state index in [2.05, 4.69) is 24.9 Å². The molecular formula is C16H17NO3. The molecule has 2 heterocycles. The van der Waals surface area contributed by atoms with Crippen molar-refractivity contribution in [3.63, 3.8) is 0 Å². The highest BCUT2D eigenvalue weighted by atomic mass is 16.7. The predicted molar refractivity (Wildman–Crippen MR) is 76.6 cm³/mol. The summed E-state index contributed by atoms with van der Waals surface area (Å²) in [4.78, 5) is 4.66. The molecule has 0 amide bonds. The fraction of sp³-hybridized carbons (Fsp3) is 0.312. The van der Waals surface area contributed by atoms with E-state index < -0.39 is 0 Å². The van der Waals surface area contributed by atoms with Gasteiger partial charge in [-0.25, -0.2) is 0 Å². The zero-order valence-corrected chi connectivity index (χ0v) is 12.1. The summed E-state index contributed by atoms with van der Waals surface area (Å²) in [7, 11) is 1.65. The maximum absolute atomic E-state index is 5.46. The van der Waals surface area contributed by atoms with Gasteiger partial charge in [-0.05, 0) is 44.0 Å². The third-order valence-electron chi connectivity index (χ3n) is 3.75. The van der Waals surface area contributed by atoms with Gasteiger partial charge in [0.25, 0.3) is 0 Å². The summed E-state index contributed by atoms with van der Waals surface area (Å²) in [5, 5.41) is 0. The molecule has 104 valence electrons. The van der Waals surface area contributed by atoms with Gasteiger partial charge >= 0.3 is 0 Å². The quantitative estimate of drug-likeness (QED) is 0.839. The van der Waals surface area contributed by atoms with Crippen molar-refractivity contribution in [3.8, 4) is 28.5 Å². The van der Waals surface area contributed by atoms with E-state index in [1.807, 2.05) is 19.1 Å². The van der Waals surface area contributed by atoms with Crippen molar-refractivity contribution in [2.45, 2.75) is 20.8 Å². The smallest absolute Gasteiger partial charge is 0.231 e. The summed E-state index contributed by atoms with van der Waals surface area (Å²) >= 11 is 0. The van der Waals surface area contributed by atoms with Gasteiger partial charge in [-0.3, -0.25) is 4.98 Å². The molecule has 0 fully saturated rings. The Balaban J connectivity index is 2.19. The van der Waals surface area contributed by atoms with Crippen LogP contribution in [0.2, 0.25) is 0 Å². The lowest BCUT2D eigenvalue weighted by atomic mass is 10.0. The molecule has 3 rings (SSSR count). The Hall–Kier alpha value is -2.23. The predicted octanol–water partition coefficient (Wildman–Crippen LogP) is 3.41. The molecule has 1 aliphatic rings. The number of pyridine rings is 1. The summed E-state index contributed by atoms with van der Waals surface area (Å²) in [6.07, 6.45) is 0. The second-order valence-electron chi connectivity index (χ2n) is 4.94. The van der Waals surface area contributed by atoms with Crippen LogP contribution >= 0.6 is 0 Å². The Labute approximate surface area is 118 Å². The normalized spacial score (nSPS) is 12.6. The van der Waals surface area contributed by atoms with Crippen LogP contribution in [0.25, 0.3) is 11.3 Å². The molecule has 0 radical (unpaired) electrons. The number of ether oxygens (including phenoxy) is 3. The van der Waals surface area contributed by atoms with Crippen LogP contribution in [0.3, 0.4) is 0 Å². The number of aromatic nitrogens is 1. The van der Waals surface area contributed by atoms with Crippen molar-refractivity contribution in [1.82, 2.24) is 4.98 Å². The number of hydrogen-bond acceptors (Lipinski definition) is 4. The van der Waals surface area contributed by atoms with Gasteiger partial charge in [0.15, 0.2) is 11.5 Å². The fourth-order valence-electron chi connectivity index (χ4n) is 2.33. The number of benzene rings is 1. The average Bonchev–Trinajstić information content (AvgIpc) is 2.89. The lowest BCUT2D eigenvalue weighted by Gasteiger charge is -2.12. The van der Waals surface area contributed by atoms with Gasteiger partial charge in [0.2, 0.25) is 6.79 Å². The molecule has 0 unspecified atom stereocenters. The molecule has 20 heavy (non-hydrogen) atoms. The Morgan fingerprint density at radius 2 is 1.75 bits per heavy atom. The monoisotopic (exact) mass is 271 g/mol. The van der Waals surface area contributed by atoms with E-state index in [9.17, 15) is 0 Å². The van der Waals surface area contributed by atoms with Crippen molar-refractivity contribution < 1.29 is 14.2 Å². The van der Waals surface area contributed by atoms with Crippen LogP contribution in [-0.4, -0.2) is 18.9 Å². The van der Waals surface area contributed by atoms with Crippen LogP contribution in [0.15, 0.2) is 18.2 Å². The van der Waals surface area contributed by atoms with Crippen molar-refractivity contribution in [2.24, 2.45) is 0 Å². The average molecular weight is 271 g/mol. The summed E-state index contributed by atoms with van der Waals surface area (Å²) in [6, 6.07) is 5.85. The number of hydrogen-bond donors (Lipinski definition) is 0. The van der Waals surface area contributed by atoms with E-state index in [-0.39, 0.29) is 6.79 Å². The highest BCUT2D eigenvalue weighted by Gasteiger charge is 2.19. The number of nitrogens with zero attached hydrogens (tertiary/aromatic N) is 1. The van der Waals surface area contributed by atoms with Gasteiger partial charge in [-0.15, -0.1) is 0 Å². The van der Waals surface area contributed by atoms with Crippen molar-refractivity contribution in [2.75, 3.05) is 13.9 Å². The first-order valence-corrected chi connectivity index (χ1v) is 6.53. The van der Waals surface area contributed by atoms with Crippen LogP contribution in [0, 0.1) is 20.8 Å². The van der Waals surface area contributed by atoms with Gasteiger partial charge in [0.1, 0.15) is 5.75 Å². The van der Waals surface area contributed by atoms with Gasteiger partial charge in [-0.2, -0.15) is 0 Å². The SMILES string of the molecule is COc1cc2c(cc1-c1cc(C)c(C)c(C)n1)OCO2. The van der Waals surface area contributed by atoms with E-state index in [1.165, 1.54) is 11.1 Å². The molecular weight excluding hydrogens is 254 g/mol. The molecule has 0 aliphatic carbocycles. The largest absolute Gasteiger partial charge is 0.496 e. The third-order valence-corrected chi connectivity index (χ3v) is 3.75. The lowest BCUT2D eigenvalue weighted by Crippen LogP contribution is -1.96. The molecule has 2 aromatic rings. The molecule has 0 spiro atoms. The fourth-order valence-corrected chi connectivity index (χ4v) is 2.33. The highest BCUT2D eigenvalue weighted by molar-refractivity contribution is 5.73. The number of methoxy groups -OCH3 is 1. The van der Waals surface area contributed by atoms with Crippen molar-refractivity contribution >= 4 is 0 Å². The minimum atomic E-state index is 0.251. The van der Waals surface area contributed by atoms with Crippen LogP contribution in [0.5, 0.6) is 17.2 Å². The Bertz CT molecular complexity index is 657. The summed E-state index contributed by atoms with van der Waals surface area (Å²) in [5.74, 6) is 2.19. The van der Waals surface area contributed by atoms with Crippen LogP contribution in [0.4, 0.5) is 0 Å². The summed E-state index contributed by atoms with van der Waals surface area (Å²) in [5.41, 5.74) is 5.27. The van der Waals surface area contributed by atoms with E-state index >= 15 is 0 Å². The van der Waals surface area contributed by atoms with Gasteiger partial charge < -0.3 is 14.2 Å². The summed E-state index contributed by atoms with van der Waals surface area (Å²) < 4.78 is 16.3. The maximum Gasteiger partial charge on any atom is 0.231 e. The van der Waals surface area contributed by atoms with Crippen molar-refractivity contribution in [3.05, 3.63) is 35.0 Å². The second kappa shape index (κ2) is 4.71. The zero-order valence-electron chi connectivity index (χ0n) is 12.1. The van der Waals surface area contributed by atoms with Crippen LogP contribution in [0.1, 0.15) is 16.8 Å². The first kappa shape index (κ1) is 12.8. The molecule has 0 saturated heterocycles. The standard InChI is InChI=1S/C16H17NO3/c1-9-5-13(17-11(3)10(9)2)12-6-15-16(20-8-19-15)7-14(12)18-4/h5-7H,8H2,1-4H3. The molecule has 0 bridgehead atoms. The molecule has 0 atom stereocenters. The lowest BCUT2D eigenvalue weighted by molar-refractivity contribution is 0.174. The van der Waals surface area contributed by atoms with Crippen molar-refractivity contribution in [1.29, 1.82) is 0 Å². The summed E-state index contributed by atoms with van der Waals surface area (Å²) in [6.45, 7) is 6.44. The molecule has 1 aromatic heterocycles. The first-order chi connectivity index (χ1) is 9.60. The number of fused-ring (bicyclic) bond motifs is 1. The van der Waals surface area contributed by atoms with E-state index in [4.69, 9.17) is 14.2 Å². The van der Waals surface area contributed by atoms with E-state index in [0.29, 0.717) is 5.75 Å². The minimum absolute atomic E-state index is 0.251. The first-order valence-electron chi connectivity index (χ1n) is 6.53. The van der Waals surface area contributed by atoms with Gasteiger partial charge in [0.05, 0.1) is 12.8 Å². The van der Waals surface area contributed by atoms with Crippen LogP contribution in [-0.2, 0) is 0 Å². The van der Waals surface area contributed by atoms with Gasteiger partial charge in [-0.1, -0.05) is 0 Å². The Kier molecular flexibility index (Phi) is 3.01. The highest BCUT2D eigenvalue weighted by Crippen LogP contribution is 2.42. The maximum atomic E-state index is 5.46. The van der Waals surface area contributed by atoms with Crippen LogP contribution < -0.4 is 14.2 Å². The zero-order chi connectivity index (χ0) is 14.3. The molecule has 1 aromatic carbocycles. The topological polar surface area (TPSA) is 40.6 Å². The molecule has 4 nitrogen and oxygen atoms in total. The minimum Gasteiger partial charge on any atom is -0.496 e. The Morgan fingerprint density at radius 3 is 2.40 bits per heavy atom. The molecule has 4 heteroatoms. The number of aryl methyl sites for hydroxylation is 2. The Morgan fingerprint density at radius 1 is 1.05 bits per heavy atom. The third kappa shape index (κ3) is 1.97. The molecule has 0 saturated carbocycles. The second-order valence-corrected chi connectivity index (χ2v) is 4.94. The van der Waals surface area contributed by atoms with E-state index in [0.717, 1.165) is 28.5 Å². The number of rotatable bonds is 2. The van der Waals surface area contributed by atoms with E-state index in [1.54, 1.807) is 7.11 Å². The van der Waals surface area contributed by atoms with Gasteiger partial charge in [0, 0.05) is 17.3 Å².